The molecule has 0 amide bonds. The van der Waals surface area contributed by atoms with Crippen LogP contribution in [0.5, 0.6) is 0 Å². The molecule has 94 valence electrons. The van der Waals surface area contributed by atoms with E-state index in [4.69, 9.17) is 23.2 Å². The van der Waals surface area contributed by atoms with Gasteiger partial charge in [0.25, 0.3) is 0 Å². The molecule has 0 fully saturated rings. The Hall–Kier alpha value is -0.830. The summed E-state index contributed by atoms with van der Waals surface area (Å²) in [5.41, 5.74) is 1.05. The minimum atomic E-state index is 0.752. The largest absolute Gasteiger partial charge is 0.384 e. The van der Waals surface area contributed by atoms with Crippen LogP contribution in [0.2, 0.25) is 10.0 Å². The molecule has 2 aromatic carbocycles. The van der Waals surface area contributed by atoms with E-state index in [-0.39, 0.29) is 0 Å². The van der Waals surface area contributed by atoms with Crippen molar-refractivity contribution in [1.82, 2.24) is 0 Å². The zero-order valence-electron chi connectivity index (χ0n) is 9.70. The molecule has 2 aromatic rings. The predicted molar refractivity (Wildman–Crippen MR) is 82.1 cm³/mol. The topological polar surface area (TPSA) is 12.0 Å². The third kappa shape index (κ3) is 4.45. The molecule has 0 saturated heterocycles. The van der Waals surface area contributed by atoms with E-state index in [2.05, 4.69) is 11.4 Å². The number of benzene rings is 2. The van der Waals surface area contributed by atoms with E-state index >= 15 is 0 Å². The van der Waals surface area contributed by atoms with Gasteiger partial charge in [-0.3, -0.25) is 0 Å². The van der Waals surface area contributed by atoms with Crippen molar-refractivity contribution >= 4 is 40.7 Å². The number of rotatable bonds is 5. The lowest BCUT2D eigenvalue weighted by Gasteiger charge is -2.06. The van der Waals surface area contributed by atoms with Crippen molar-refractivity contribution in [3.8, 4) is 0 Å². The molecule has 0 heterocycles. The van der Waals surface area contributed by atoms with Crippen LogP contribution in [0, 0.1) is 0 Å². The van der Waals surface area contributed by atoms with Crippen molar-refractivity contribution in [2.24, 2.45) is 0 Å². The van der Waals surface area contributed by atoms with E-state index in [1.807, 2.05) is 42.5 Å². The van der Waals surface area contributed by atoms with Gasteiger partial charge >= 0.3 is 0 Å². The first kappa shape index (κ1) is 13.6. The van der Waals surface area contributed by atoms with Crippen LogP contribution in [0.15, 0.2) is 53.4 Å². The Kier molecular flexibility index (Phi) is 5.24. The Morgan fingerprint density at radius 1 is 0.944 bits per heavy atom. The summed E-state index contributed by atoms with van der Waals surface area (Å²) in [6.07, 6.45) is 0. The van der Waals surface area contributed by atoms with E-state index in [0.29, 0.717) is 0 Å². The Morgan fingerprint density at radius 2 is 1.67 bits per heavy atom. The first-order valence-corrected chi connectivity index (χ1v) is 7.36. The summed E-state index contributed by atoms with van der Waals surface area (Å²) in [5, 5.41) is 4.86. The minimum absolute atomic E-state index is 0.752. The standard InChI is InChI=1S/C14H13Cl2NS/c15-11-3-1-5-13(9-11)17-7-8-18-14-6-2-4-12(16)10-14/h1-6,9-10,17H,7-8H2. The van der Waals surface area contributed by atoms with Gasteiger partial charge in [0.05, 0.1) is 0 Å². The maximum absolute atomic E-state index is 5.93. The Labute approximate surface area is 121 Å². The van der Waals surface area contributed by atoms with Gasteiger partial charge in [-0.2, -0.15) is 0 Å². The lowest BCUT2D eigenvalue weighted by atomic mass is 10.3. The monoisotopic (exact) mass is 297 g/mol. The molecule has 0 spiro atoms. The molecular weight excluding hydrogens is 285 g/mol. The lowest BCUT2D eigenvalue weighted by Crippen LogP contribution is -2.03. The third-order valence-corrected chi connectivity index (χ3v) is 3.79. The molecule has 0 atom stereocenters. The maximum Gasteiger partial charge on any atom is 0.0426 e. The third-order valence-electron chi connectivity index (χ3n) is 2.32. The van der Waals surface area contributed by atoms with Crippen molar-refractivity contribution in [3.05, 3.63) is 58.6 Å². The average Bonchev–Trinajstić information content (AvgIpc) is 2.35. The molecule has 0 aromatic heterocycles. The van der Waals surface area contributed by atoms with Gasteiger partial charge in [-0.1, -0.05) is 35.3 Å². The first-order valence-electron chi connectivity index (χ1n) is 5.62. The fourth-order valence-electron chi connectivity index (χ4n) is 1.52. The molecule has 18 heavy (non-hydrogen) atoms. The molecule has 1 N–H and O–H groups in total. The van der Waals surface area contributed by atoms with Crippen LogP contribution in [0.3, 0.4) is 0 Å². The Balaban J connectivity index is 1.76. The van der Waals surface area contributed by atoms with E-state index in [0.717, 1.165) is 28.0 Å². The fraction of sp³-hybridized carbons (Fsp3) is 0.143. The number of thioether (sulfide) groups is 1. The minimum Gasteiger partial charge on any atom is -0.384 e. The molecule has 0 bridgehead atoms. The normalized spacial score (nSPS) is 10.3. The van der Waals surface area contributed by atoms with Crippen LogP contribution >= 0.6 is 35.0 Å². The van der Waals surface area contributed by atoms with Gasteiger partial charge in [0, 0.05) is 32.9 Å². The number of anilines is 1. The molecule has 0 aliphatic heterocycles. The second-order valence-electron chi connectivity index (χ2n) is 3.74. The van der Waals surface area contributed by atoms with Gasteiger partial charge in [0.2, 0.25) is 0 Å². The number of hydrogen-bond donors (Lipinski definition) is 1. The van der Waals surface area contributed by atoms with E-state index in [1.54, 1.807) is 11.8 Å². The van der Waals surface area contributed by atoms with Gasteiger partial charge in [-0.15, -0.1) is 11.8 Å². The van der Waals surface area contributed by atoms with Crippen LogP contribution in [-0.2, 0) is 0 Å². The quantitative estimate of drug-likeness (QED) is 0.601. The van der Waals surface area contributed by atoms with Gasteiger partial charge in [0.1, 0.15) is 0 Å². The van der Waals surface area contributed by atoms with Crippen molar-refractivity contribution in [2.45, 2.75) is 4.90 Å². The molecule has 0 unspecified atom stereocenters. The zero-order chi connectivity index (χ0) is 12.8. The highest BCUT2D eigenvalue weighted by Crippen LogP contribution is 2.21. The van der Waals surface area contributed by atoms with Gasteiger partial charge < -0.3 is 5.32 Å². The predicted octanol–water partition coefficient (Wildman–Crippen LogP) is 5.20. The highest BCUT2D eigenvalue weighted by atomic mass is 35.5. The molecule has 0 aliphatic rings. The van der Waals surface area contributed by atoms with E-state index in [9.17, 15) is 0 Å². The SMILES string of the molecule is Clc1cccc(NCCSc2cccc(Cl)c2)c1. The van der Waals surface area contributed by atoms with E-state index < -0.39 is 0 Å². The summed E-state index contributed by atoms with van der Waals surface area (Å²) in [7, 11) is 0. The second kappa shape index (κ2) is 6.93. The van der Waals surface area contributed by atoms with Crippen molar-refractivity contribution in [2.75, 3.05) is 17.6 Å². The average molecular weight is 298 g/mol. The molecule has 2 rings (SSSR count). The van der Waals surface area contributed by atoms with Crippen LogP contribution in [0.25, 0.3) is 0 Å². The molecule has 0 radical (unpaired) electrons. The summed E-state index contributed by atoms with van der Waals surface area (Å²) in [6.45, 7) is 0.886. The maximum atomic E-state index is 5.93. The van der Waals surface area contributed by atoms with Crippen molar-refractivity contribution < 1.29 is 0 Å². The molecule has 4 heteroatoms. The van der Waals surface area contributed by atoms with Crippen LogP contribution in [-0.4, -0.2) is 12.3 Å². The zero-order valence-corrected chi connectivity index (χ0v) is 12.0. The smallest absolute Gasteiger partial charge is 0.0426 e. The highest BCUT2D eigenvalue weighted by Gasteiger charge is 1.96. The van der Waals surface area contributed by atoms with Crippen LogP contribution in [0.4, 0.5) is 5.69 Å². The molecule has 0 aliphatic carbocycles. The van der Waals surface area contributed by atoms with Crippen LogP contribution < -0.4 is 5.32 Å². The van der Waals surface area contributed by atoms with Crippen molar-refractivity contribution in [1.29, 1.82) is 0 Å². The van der Waals surface area contributed by atoms with E-state index in [1.165, 1.54) is 4.90 Å². The molecule has 0 saturated carbocycles. The Bertz CT molecular complexity index is 469. The van der Waals surface area contributed by atoms with Gasteiger partial charge in [-0.25, -0.2) is 0 Å². The summed E-state index contributed by atoms with van der Waals surface area (Å²) < 4.78 is 0. The Morgan fingerprint density at radius 3 is 2.39 bits per heavy atom. The second-order valence-corrected chi connectivity index (χ2v) is 5.78. The highest BCUT2D eigenvalue weighted by molar-refractivity contribution is 7.99. The summed E-state index contributed by atoms with van der Waals surface area (Å²) in [6, 6.07) is 15.6. The summed E-state index contributed by atoms with van der Waals surface area (Å²) in [4.78, 5) is 1.19. The molecular formula is C14H13Cl2NS. The number of halogens is 2. The van der Waals surface area contributed by atoms with Crippen LogP contribution in [0.1, 0.15) is 0 Å². The summed E-state index contributed by atoms with van der Waals surface area (Å²) in [5.74, 6) is 0.979. The van der Waals surface area contributed by atoms with Gasteiger partial charge in [0.15, 0.2) is 0 Å². The lowest BCUT2D eigenvalue weighted by molar-refractivity contribution is 1.22. The first-order chi connectivity index (χ1) is 8.74. The van der Waals surface area contributed by atoms with Crippen molar-refractivity contribution in [3.63, 3.8) is 0 Å². The van der Waals surface area contributed by atoms with Gasteiger partial charge in [-0.05, 0) is 36.4 Å². The number of nitrogens with one attached hydrogen (secondary N) is 1. The fourth-order valence-corrected chi connectivity index (χ4v) is 2.79. The molecule has 1 nitrogen and oxygen atoms in total. The summed E-state index contributed by atoms with van der Waals surface area (Å²) >= 11 is 13.6. The number of hydrogen-bond acceptors (Lipinski definition) is 2.